The Morgan fingerprint density at radius 1 is 1.05 bits per heavy atom. The van der Waals surface area contributed by atoms with Crippen LogP contribution in [0, 0.1) is 11.8 Å². The smallest absolute Gasteiger partial charge is 0.0889 e. The van der Waals surface area contributed by atoms with Gasteiger partial charge in [0.2, 0.25) is 0 Å². The SMILES string of the molecule is CC(C)CNCc1ccc(COCCOCC(C)C)nc1. The molecule has 4 heteroatoms. The number of nitrogens with one attached hydrogen (secondary N) is 1. The van der Waals surface area contributed by atoms with Gasteiger partial charge in [-0.25, -0.2) is 0 Å². The fraction of sp³-hybridized carbons (Fsp3) is 0.706. The van der Waals surface area contributed by atoms with E-state index in [1.807, 2.05) is 12.3 Å². The number of pyridine rings is 1. The maximum atomic E-state index is 5.55. The first-order valence-electron chi connectivity index (χ1n) is 7.88. The van der Waals surface area contributed by atoms with Crippen LogP contribution in [-0.2, 0) is 22.6 Å². The van der Waals surface area contributed by atoms with Gasteiger partial charge in [-0.1, -0.05) is 33.8 Å². The Morgan fingerprint density at radius 2 is 1.81 bits per heavy atom. The predicted octanol–water partition coefficient (Wildman–Crippen LogP) is 3.02. The summed E-state index contributed by atoms with van der Waals surface area (Å²) < 4.78 is 11.0. The summed E-state index contributed by atoms with van der Waals surface area (Å²) in [4.78, 5) is 4.42. The highest BCUT2D eigenvalue weighted by molar-refractivity contribution is 5.13. The molecular formula is C17H30N2O2. The van der Waals surface area contributed by atoms with Crippen LogP contribution in [0.15, 0.2) is 18.3 Å². The molecule has 21 heavy (non-hydrogen) atoms. The fourth-order valence-corrected chi connectivity index (χ4v) is 1.76. The molecule has 0 saturated carbocycles. The minimum atomic E-state index is 0.546. The summed E-state index contributed by atoms with van der Waals surface area (Å²) >= 11 is 0. The van der Waals surface area contributed by atoms with E-state index in [2.05, 4.69) is 44.1 Å². The van der Waals surface area contributed by atoms with Gasteiger partial charge in [0.05, 0.1) is 25.5 Å². The van der Waals surface area contributed by atoms with Crippen molar-refractivity contribution in [2.45, 2.75) is 40.8 Å². The van der Waals surface area contributed by atoms with Crippen molar-refractivity contribution in [3.8, 4) is 0 Å². The van der Waals surface area contributed by atoms with Gasteiger partial charge in [-0.2, -0.15) is 0 Å². The van der Waals surface area contributed by atoms with Crippen LogP contribution in [0.2, 0.25) is 0 Å². The van der Waals surface area contributed by atoms with Gasteiger partial charge in [0.15, 0.2) is 0 Å². The lowest BCUT2D eigenvalue weighted by atomic mass is 10.2. The van der Waals surface area contributed by atoms with Crippen molar-refractivity contribution < 1.29 is 9.47 Å². The lowest BCUT2D eigenvalue weighted by Crippen LogP contribution is -2.19. The number of aromatic nitrogens is 1. The second-order valence-corrected chi connectivity index (χ2v) is 6.20. The molecule has 0 aromatic carbocycles. The largest absolute Gasteiger partial charge is 0.379 e. The van der Waals surface area contributed by atoms with Gasteiger partial charge in [-0.05, 0) is 30.0 Å². The van der Waals surface area contributed by atoms with Crippen LogP contribution in [-0.4, -0.2) is 31.3 Å². The molecule has 0 unspecified atom stereocenters. The summed E-state index contributed by atoms with van der Waals surface area (Å²) in [7, 11) is 0. The number of hydrogen-bond acceptors (Lipinski definition) is 4. The van der Waals surface area contributed by atoms with Crippen LogP contribution < -0.4 is 5.32 Å². The van der Waals surface area contributed by atoms with Gasteiger partial charge in [0.25, 0.3) is 0 Å². The Labute approximate surface area is 129 Å². The highest BCUT2D eigenvalue weighted by atomic mass is 16.5. The topological polar surface area (TPSA) is 43.4 Å². The molecule has 0 amide bonds. The quantitative estimate of drug-likeness (QED) is 0.637. The maximum absolute atomic E-state index is 5.55. The van der Waals surface area contributed by atoms with Crippen molar-refractivity contribution in [2.24, 2.45) is 11.8 Å². The van der Waals surface area contributed by atoms with Crippen molar-refractivity contribution in [3.05, 3.63) is 29.6 Å². The first-order valence-corrected chi connectivity index (χ1v) is 7.88. The number of hydrogen-bond donors (Lipinski definition) is 1. The molecule has 1 rings (SSSR count). The first kappa shape index (κ1) is 18.1. The predicted molar refractivity (Wildman–Crippen MR) is 86.1 cm³/mol. The molecule has 0 aliphatic heterocycles. The molecule has 0 spiro atoms. The number of nitrogens with zero attached hydrogens (tertiary/aromatic N) is 1. The summed E-state index contributed by atoms with van der Waals surface area (Å²) in [5.74, 6) is 1.24. The molecule has 4 nitrogen and oxygen atoms in total. The summed E-state index contributed by atoms with van der Waals surface area (Å²) in [6.07, 6.45) is 1.92. The van der Waals surface area contributed by atoms with Crippen LogP contribution in [0.3, 0.4) is 0 Å². The highest BCUT2D eigenvalue weighted by Crippen LogP contribution is 2.02. The van der Waals surface area contributed by atoms with Crippen molar-refractivity contribution in [1.82, 2.24) is 10.3 Å². The van der Waals surface area contributed by atoms with Gasteiger partial charge in [-0.15, -0.1) is 0 Å². The fourth-order valence-electron chi connectivity index (χ4n) is 1.76. The average Bonchev–Trinajstić information content (AvgIpc) is 2.43. The van der Waals surface area contributed by atoms with Gasteiger partial charge in [0, 0.05) is 19.3 Å². The van der Waals surface area contributed by atoms with Gasteiger partial charge in [0.1, 0.15) is 0 Å². The molecule has 0 bridgehead atoms. The van der Waals surface area contributed by atoms with E-state index in [9.17, 15) is 0 Å². The molecule has 1 N–H and O–H groups in total. The molecule has 1 aromatic heterocycles. The summed E-state index contributed by atoms with van der Waals surface area (Å²) in [6.45, 7) is 13.2. The molecule has 0 atom stereocenters. The minimum absolute atomic E-state index is 0.546. The van der Waals surface area contributed by atoms with Crippen LogP contribution in [0.5, 0.6) is 0 Å². The zero-order valence-electron chi connectivity index (χ0n) is 13.9. The van der Waals surface area contributed by atoms with Gasteiger partial charge in [-0.3, -0.25) is 4.98 Å². The molecular weight excluding hydrogens is 264 g/mol. The Hall–Kier alpha value is -0.970. The zero-order valence-corrected chi connectivity index (χ0v) is 13.9. The average molecular weight is 294 g/mol. The lowest BCUT2D eigenvalue weighted by molar-refractivity contribution is 0.0305. The Bertz CT molecular complexity index is 364. The third kappa shape index (κ3) is 9.56. The highest BCUT2D eigenvalue weighted by Gasteiger charge is 1.99. The van der Waals surface area contributed by atoms with E-state index in [4.69, 9.17) is 9.47 Å². The van der Waals surface area contributed by atoms with Gasteiger partial charge >= 0.3 is 0 Å². The first-order chi connectivity index (χ1) is 10.1. The third-order valence-corrected chi connectivity index (χ3v) is 2.84. The summed E-state index contributed by atoms with van der Waals surface area (Å²) in [6, 6.07) is 4.13. The second-order valence-electron chi connectivity index (χ2n) is 6.20. The van der Waals surface area contributed by atoms with Crippen molar-refractivity contribution >= 4 is 0 Å². The molecule has 0 aliphatic carbocycles. The number of ether oxygens (including phenoxy) is 2. The molecule has 1 aromatic rings. The van der Waals surface area contributed by atoms with Crippen LogP contribution in [0.4, 0.5) is 0 Å². The summed E-state index contributed by atoms with van der Waals surface area (Å²) in [5, 5.41) is 3.41. The van der Waals surface area contributed by atoms with E-state index in [0.717, 1.165) is 25.4 Å². The monoisotopic (exact) mass is 294 g/mol. The van der Waals surface area contributed by atoms with E-state index >= 15 is 0 Å². The molecule has 1 heterocycles. The normalized spacial score (nSPS) is 11.5. The van der Waals surface area contributed by atoms with Crippen LogP contribution >= 0.6 is 0 Å². The Balaban J connectivity index is 2.13. The van der Waals surface area contributed by atoms with Gasteiger partial charge < -0.3 is 14.8 Å². The standard InChI is InChI=1S/C17H30N2O2/c1-14(2)9-18-10-16-5-6-17(19-11-16)13-21-8-7-20-12-15(3)4/h5-6,11,14-15,18H,7-10,12-13H2,1-4H3. The Morgan fingerprint density at radius 3 is 2.43 bits per heavy atom. The second kappa shape index (κ2) is 10.7. The van der Waals surface area contributed by atoms with E-state index in [-0.39, 0.29) is 0 Å². The lowest BCUT2D eigenvalue weighted by Gasteiger charge is -2.09. The molecule has 0 aliphatic rings. The van der Waals surface area contributed by atoms with Crippen molar-refractivity contribution in [1.29, 1.82) is 0 Å². The number of rotatable bonds is 11. The van der Waals surface area contributed by atoms with E-state index in [0.29, 0.717) is 31.7 Å². The molecule has 0 fully saturated rings. The van der Waals surface area contributed by atoms with E-state index in [1.54, 1.807) is 0 Å². The molecule has 0 radical (unpaired) electrons. The van der Waals surface area contributed by atoms with Crippen molar-refractivity contribution in [2.75, 3.05) is 26.4 Å². The minimum Gasteiger partial charge on any atom is -0.379 e. The zero-order chi connectivity index (χ0) is 15.5. The maximum Gasteiger partial charge on any atom is 0.0889 e. The van der Waals surface area contributed by atoms with Crippen molar-refractivity contribution in [3.63, 3.8) is 0 Å². The van der Waals surface area contributed by atoms with E-state index in [1.165, 1.54) is 5.56 Å². The Kier molecular flexibility index (Phi) is 9.22. The van der Waals surface area contributed by atoms with E-state index < -0.39 is 0 Å². The molecule has 0 saturated heterocycles. The van der Waals surface area contributed by atoms with Crippen LogP contribution in [0.25, 0.3) is 0 Å². The molecule has 120 valence electrons. The summed E-state index contributed by atoms with van der Waals surface area (Å²) in [5.41, 5.74) is 2.17. The van der Waals surface area contributed by atoms with Crippen LogP contribution in [0.1, 0.15) is 39.0 Å². The third-order valence-electron chi connectivity index (χ3n) is 2.84.